The minimum Gasteiger partial charge on any atom is -0.465 e. The Morgan fingerprint density at radius 3 is 2.96 bits per heavy atom. The molecular formula is C17H24ClN3O4. The minimum absolute atomic E-state index is 0.0847. The van der Waals surface area contributed by atoms with Crippen molar-refractivity contribution in [3.8, 4) is 0 Å². The highest BCUT2D eigenvalue weighted by molar-refractivity contribution is 6.30. The number of rotatable bonds is 6. The summed E-state index contributed by atoms with van der Waals surface area (Å²) in [4.78, 5) is 26.1. The number of carbonyl (C=O) groups is 2. The molecule has 1 saturated heterocycles. The monoisotopic (exact) mass is 369 g/mol. The third-order valence-corrected chi connectivity index (χ3v) is 4.51. The van der Waals surface area contributed by atoms with Crippen LogP contribution in [0.5, 0.6) is 0 Å². The quantitative estimate of drug-likeness (QED) is 0.753. The third kappa shape index (κ3) is 5.70. The number of amides is 2. The van der Waals surface area contributed by atoms with Crippen molar-refractivity contribution in [3.05, 3.63) is 29.3 Å². The van der Waals surface area contributed by atoms with Gasteiger partial charge in [0.1, 0.15) is 0 Å². The van der Waals surface area contributed by atoms with Gasteiger partial charge in [-0.05, 0) is 37.5 Å². The molecule has 1 aromatic rings. The van der Waals surface area contributed by atoms with Crippen molar-refractivity contribution < 1.29 is 19.4 Å². The number of nitrogens with zero attached hydrogens (tertiary/aromatic N) is 2. The summed E-state index contributed by atoms with van der Waals surface area (Å²) in [6.07, 6.45) is 1.12. The number of methoxy groups -OCH3 is 1. The number of anilines is 1. The van der Waals surface area contributed by atoms with E-state index in [0.717, 1.165) is 18.5 Å². The van der Waals surface area contributed by atoms with Gasteiger partial charge in [-0.15, -0.1) is 0 Å². The zero-order chi connectivity index (χ0) is 18.2. The first kappa shape index (κ1) is 19.2. The molecule has 8 heteroatoms. The van der Waals surface area contributed by atoms with Crippen LogP contribution in [0.1, 0.15) is 19.3 Å². The molecule has 2 amide bonds. The fraction of sp³-hybridized carbons (Fsp3) is 0.529. The molecule has 0 saturated carbocycles. The Labute approximate surface area is 152 Å². The molecule has 0 aliphatic carbocycles. The molecule has 138 valence electrons. The maximum atomic E-state index is 11.3. The molecule has 1 atom stereocenters. The van der Waals surface area contributed by atoms with Crippen LogP contribution in [0.4, 0.5) is 15.3 Å². The molecule has 0 aromatic heterocycles. The average Bonchev–Trinajstić information content (AvgIpc) is 2.61. The van der Waals surface area contributed by atoms with E-state index < -0.39 is 12.2 Å². The van der Waals surface area contributed by atoms with Gasteiger partial charge in [-0.25, -0.2) is 9.59 Å². The molecule has 0 bridgehead atoms. The van der Waals surface area contributed by atoms with Gasteiger partial charge >= 0.3 is 12.2 Å². The van der Waals surface area contributed by atoms with Crippen molar-refractivity contribution >= 4 is 29.5 Å². The van der Waals surface area contributed by atoms with Crippen LogP contribution in [0.25, 0.3) is 0 Å². The van der Waals surface area contributed by atoms with Crippen LogP contribution in [-0.4, -0.2) is 61.5 Å². The van der Waals surface area contributed by atoms with Gasteiger partial charge in [0.15, 0.2) is 0 Å². The molecule has 25 heavy (non-hydrogen) atoms. The van der Waals surface area contributed by atoms with Crippen LogP contribution >= 0.6 is 11.6 Å². The molecule has 1 heterocycles. The number of hydrogen-bond donors (Lipinski definition) is 2. The van der Waals surface area contributed by atoms with Crippen LogP contribution in [0.15, 0.2) is 24.3 Å². The summed E-state index contributed by atoms with van der Waals surface area (Å²) in [5.41, 5.74) is 0.961. The van der Waals surface area contributed by atoms with Crippen LogP contribution in [0.3, 0.4) is 0 Å². The lowest BCUT2D eigenvalue weighted by Gasteiger charge is -2.40. The molecule has 1 unspecified atom stereocenters. The van der Waals surface area contributed by atoms with Gasteiger partial charge in [0.05, 0.1) is 7.11 Å². The van der Waals surface area contributed by atoms with Gasteiger partial charge in [0.25, 0.3) is 0 Å². The van der Waals surface area contributed by atoms with Crippen molar-refractivity contribution in [1.82, 2.24) is 10.2 Å². The Balaban J connectivity index is 2.06. The number of hydrogen-bond acceptors (Lipinski definition) is 4. The summed E-state index contributed by atoms with van der Waals surface area (Å²) in [5.74, 6) is 0. The number of piperidine rings is 1. The number of carboxylic acid groups (broad SMARTS) is 1. The first-order chi connectivity index (χ1) is 12.0. The normalized spacial score (nSPS) is 17.0. The Bertz CT molecular complexity index is 599. The van der Waals surface area contributed by atoms with Crippen LogP contribution in [0, 0.1) is 0 Å². The Kier molecular flexibility index (Phi) is 7.18. The van der Waals surface area contributed by atoms with Gasteiger partial charge in [0.2, 0.25) is 0 Å². The predicted molar refractivity (Wildman–Crippen MR) is 96.4 cm³/mol. The van der Waals surface area contributed by atoms with Gasteiger partial charge in [0, 0.05) is 42.9 Å². The summed E-state index contributed by atoms with van der Waals surface area (Å²) in [6.45, 7) is 2.20. The zero-order valence-corrected chi connectivity index (χ0v) is 15.0. The third-order valence-electron chi connectivity index (χ3n) is 4.28. The minimum atomic E-state index is -0.886. The van der Waals surface area contributed by atoms with E-state index in [4.69, 9.17) is 11.6 Å². The molecule has 1 aliphatic heterocycles. The van der Waals surface area contributed by atoms with Crippen LogP contribution < -0.4 is 10.2 Å². The molecule has 2 rings (SSSR count). The standard InChI is InChI=1S/C17H24ClN3O4/c1-25-16(22)19-8-4-10-21(14-6-2-5-13(18)11-14)15-7-3-9-20(12-15)17(23)24/h2,5-6,11,15H,3-4,7-10,12H2,1H3,(H,19,22)(H,23,24). The van der Waals surface area contributed by atoms with Gasteiger partial charge in [-0.1, -0.05) is 17.7 Å². The summed E-state index contributed by atoms with van der Waals surface area (Å²) >= 11 is 6.12. The smallest absolute Gasteiger partial charge is 0.407 e. The van der Waals surface area contributed by atoms with Crippen molar-refractivity contribution in [1.29, 1.82) is 0 Å². The van der Waals surface area contributed by atoms with E-state index >= 15 is 0 Å². The lowest BCUT2D eigenvalue weighted by Crippen LogP contribution is -2.50. The Morgan fingerprint density at radius 1 is 1.48 bits per heavy atom. The fourth-order valence-electron chi connectivity index (χ4n) is 3.07. The molecule has 1 aliphatic rings. The summed E-state index contributed by atoms with van der Waals surface area (Å²) in [7, 11) is 1.33. The second-order valence-electron chi connectivity index (χ2n) is 5.97. The first-order valence-electron chi connectivity index (χ1n) is 8.33. The molecule has 1 fully saturated rings. The molecular weight excluding hydrogens is 346 g/mol. The number of nitrogens with one attached hydrogen (secondary N) is 1. The van der Waals surface area contributed by atoms with E-state index in [1.54, 1.807) is 0 Å². The highest BCUT2D eigenvalue weighted by atomic mass is 35.5. The lowest BCUT2D eigenvalue weighted by molar-refractivity contribution is 0.129. The van der Waals surface area contributed by atoms with Crippen LogP contribution in [0.2, 0.25) is 5.02 Å². The van der Waals surface area contributed by atoms with E-state index in [2.05, 4.69) is 15.0 Å². The van der Waals surface area contributed by atoms with Crippen molar-refractivity contribution in [2.75, 3.05) is 38.2 Å². The number of carbonyl (C=O) groups excluding carboxylic acids is 1. The maximum absolute atomic E-state index is 11.3. The predicted octanol–water partition coefficient (Wildman–Crippen LogP) is 3.03. The number of ether oxygens (including phenoxy) is 1. The fourth-order valence-corrected chi connectivity index (χ4v) is 3.26. The Morgan fingerprint density at radius 2 is 2.28 bits per heavy atom. The van der Waals surface area contributed by atoms with E-state index in [0.29, 0.717) is 37.6 Å². The highest BCUT2D eigenvalue weighted by Gasteiger charge is 2.28. The van der Waals surface area contributed by atoms with Gasteiger partial charge in [-0.2, -0.15) is 0 Å². The molecule has 0 spiro atoms. The van der Waals surface area contributed by atoms with Crippen molar-refractivity contribution in [2.45, 2.75) is 25.3 Å². The highest BCUT2D eigenvalue weighted by Crippen LogP contribution is 2.26. The molecule has 1 aromatic carbocycles. The second-order valence-corrected chi connectivity index (χ2v) is 6.41. The summed E-state index contributed by atoms with van der Waals surface area (Å²) in [6, 6.07) is 7.64. The largest absolute Gasteiger partial charge is 0.465 e. The topological polar surface area (TPSA) is 82.1 Å². The number of alkyl carbamates (subject to hydrolysis) is 1. The van der Waals surface area contributed by atoms with E-state index in [9.17, 15) is 14.7 Å². The molecule has 2 N–H and O–H groups in total. The van der Waals surface area contributed by atoms with Gasteiger partial charge in [-0.3, -0.25) is 0 Å². The zero-order valence-electron chi connectivity index (χ0n) is 14.3. The van der Waals surface area contributed by atoms with Crippen LogP contribution in [-0.2, 0) is 4.74 Å². The van der Waals surface area contributed by atoms with E-state index in [-0.39, 0.29) is 6.04 Å². The average molecular weight is 370 g/mol. The summed E-state index contributed by atoms with van der Waals surface area (Å²) in [5, 5.41) is 12.6. The van der Waals surface area contributed by atoms with Gasteiger partial charge < -0.3 is 25.0 Å². The molecule has 7 nitrogen and oxygen atoms in total. The Hall–Kier alpha value is -2.15. The summed E-state index contributed by atoms with van der Waals surface area (Å²) < 4.78 is 4.56. The second kappa shape index (κ2) is 9.36. The lowest BCUT2D eigenvalue weighted by atomic mass is 10.0. The van der Waals surface area contributed by atoms with Crippen molar-refractivity contribution in [3.63, 3.8) is 0 Å². The first-order valence-corrected chi connectivity index (χ1v) is 8.71. The van der Waals surface area contributed by atoms with Crippen molar-refractivity contribution in [2.24, 2.45) is 0 Å². The van der Waals surface area contributed by atoms with E-state index in [1.807, 2.05) is 24.3 Å². The number of likely N-dealkylation sites (tertiary alicyclic amines) is 1. The number of benzene rings is 1. The SMILES string of the molecule is COC(=O)NCCCN(c1cccc(Cl)c1)C1CCCN(C(=O)O)C1. The maximum Gasteiger partial charge on any atom is 0.407 e. The van der Waals surface area contributed by atoms with E-state index in [1.165, 1.54) is 12.0 Å². The number of halogens is 1. The molecule has 0 radical (unpaired) electrons.